The lowest BCUT2D eigenvalue weighted by atomic mass is 10.2. The van der Waals surface area contributed by atoms with E-state index in [9.17, 15) is 0 Å². The van der Waals surface area contributed by atoms with E-state index in [2.05, 4.69) is 16.0 Å². The van der Waals surface area contributed by atoms with Gasteiger partial charge in [0.05, 0.1) is 6.61 Å². The van der Waals surface area contributed by atoms with Crippen molar-refractivity contribution in [3.05, 3.63) is 54.6 Å². The highest BCUT2D eigenvalue weighted by Gasteiger charge is 1.99. The molecule has 0 saturated carbocycles. The molecule has 2 rings (SSSR count). The third kappa shape index (κ3) is 8.13. The molecule has 0 radical (unpaired) electrons. The van der Waals surface area contributed by atoms with E-state index in [1.54, 1.807) is 0 Å². The molecule has 0 fully saturated rings. The van der Waals surface area contributed by atoms with Crippen molar-refractivity contribution in [2.75, 3.05) is 23.8 Å². The Balaban J connectivity index is 1.54. The van der Waals surface area contributed by atoms with E-state index in [0.29, 0.717) is 11.7 Å². The first-order valence-corrected chi connectivity index (χ1v) is 9.34. The molecular weight excluding hydrogens is 364 g/mol. The Morgan fingerprint density at radius 2 is 1.65 bits per heavy atom. The maximum Gasteiger partial charge on any atom is 0.170 e. The molecule has 2 aromatic rings. The van der Waals surface area contributed by atoms with Gasteiger partial charge in [-0.2, -0.15) is 0 Å². The highest BCUT2D eigenvalue weighted by Crippen LogP contribution is 2.17. The summed E-state index contributed by atoms with van der Waals surface area (Å²) in [6, 6.07) is 17.5. The number of unbranched alkanes of at least 4 members (excludes halogenated alkanes) is 2. The van der Waals surface area contributed by atoms with Crippen LogP contribution in [0, 0.1) is 0 Å². The van der Waals surface area contributed by atoms with Crippen LogP contribution in [0.2, 0.25) is 0 Å². The van der Waals surface area contributed by atoms with Gasteiger partial charge in [0.15, 0.2) is 10.2 Å². The molecule has 7 heteroatoms. The molecule has 5 N–H and O–H groups in total. The molecule has 5 nitrogen and oxygen atoms in total. The van der Waals surface area contributed by atoms with Gasteiger partial charge in [0.25, 0.3) is 0 Å². The fourth-order valence-corrected chi connectivity index (χ4v) is 2.64. The summed E-state index contributed by atoms with van der Waals surface area (Å²) in [5.41, 5.74) is 7.29. The summed E-state index contributed by atoms with van der Waals surface area (Å²) in [6.45, 7) is 1.51. The van der Waals surface area contributed by atoms with Crippen molar-refractivity contribution in [1.29, 1.82) is 0 Å². The highest BCUT2D eigenvalue weighted by molar-refractivity contribution is 7.80. The monoisotopic (exact) mass is 388 g/mol. The minimum Gasteiger partial charge on any atom is -0.494 e. The molecule has 0 aliphatic carbocycles. The number of nitrogens with one attached hydrogen (secondary N) is 3. The predicted molar refractivity (Wildman–Crippen MR) is 117 cm³/mol. The van der Waals surface area contributed by atoms with Gasteiger partial charge in [-0.05, 0) is 68.0 Å². The first kappa shape index (κ1) is 19.9. The first-order chi connectivity index (χ1) is 12.6. The van der Waals surface area contributed by atoms with Crippen molar-refractivity contribution in [2.24, 2.45) is 5.73 Å². The van der Waals surface area contributed by atoms with Crippen molar-refractivity contribution < 1.29 is 4.74 Å². The van der Waals surface area contributed by atoms with Crippen LogP contribution in [0.3, 0.4) is 0 Å². The molecule has 0 bridgehead atoms. The van der Waals surface area contributed by atoms with Gasteiger partial charge in [0.2, 0.25) is 0 Å². The number of hydrogen-bond acceptors (Lipinski definition) is 3. The third-order valence-corrected chi connectivity index (χ3v) is 3.86. The second-order valence-corrected chi connectivity index (χ2v) is 6.52. The number of hydrogen-bond donors (Lipinski definition) is 4. The first-order valence-electron chi connectivity index (χ1n) is 8.53. The van der Waals surface area contributed by atoms with Gasteiger partial charge >= 0.3 is 0 Å². The molecule has 0 aliphatic rings. The van der Waals surface area contributed by atoms with Gasteiger partial charge < -0.3 is 26.4 Å². The minimum atomic E-state index is 0.245. The molecule has 0 amide bonds. The van der Waals surface area contributed by atoms with Gasteiger partial charge in [0.1, 0.15) is 5.75 Å². The maximum absolute atomic E-state index is 5.75. The van der Waals surface area contributed by atoms with Crippen LogP contribution in [0.4, 0.5) is 11.4 Å². The average Bonchev–Trinajstić information content (AvgIpc) is 2.61. The quantitative estimate of drug-likeness (QED) is 0.384. The second-order valence-electron chi connectivity index (χ2n) is 5.67. The lowest BCUT2D eigenvalue weighted by Crippen LogP contribution is -2.29. The van der Waals surface area contributed by atoms with Gasteiger partial charge in [-0.1, -0.05) is 24.3 Å². The van der Waals surface area contributed by atoms with E-state index in [1.165, 1.54) is 0 Å². The van der Waals surface area contributed by atoms with Crippen molar-refractivity contribution in [1.82, 2.24) is 5.32 Å². The summed E-state index contributed by atoms with van der Waals surface area (Å²) in [4.78, 5) is 0. The van der Waals surface area contributed by atoms with E-state index < -0.39 is 0 Å². The van der Waals surface area contributed by atoms with E-state index in [-0.39, 0.29) is 5.11 Å². The van der Waals surface area contributed by atoms with Crippen LogP contribution in [0.15, 0.2) is 54.6 Å². The maximum atomic E-state index is 5.75. The van der Waals surface area contributed by atoms with Crippen LogP contribution in [0.5, 0.6) is 5.75 Å². The van der Waals surface area contributed by atoms with E-state index in [1.807, 2.05) is 54.6 Å². The highest BCUT2D eigenvalue weighted by atomic mass is 32.1. The van der Waals surface area contributed by atoms with Crippen LogP contribution in [-0.2, 0) is 0 Å². The molecule has 2 aromatic carbocycles. The fourth-order valence-electron chi connectivity index (χ4n) is 2.30. The fraction of sp³-hybridized carbons (Fsp3) is 0.263. The lowest BCUT2D eigenvalue weighted by molar-refractivity contribution is 0.305. The number of para-hydroxylation sites is 1. The van der Waals surface area contributed by atoms with E-state index in [0.717, 1.165) is 42.9 Å². The second kappa shape index (κ2) is 11.3. The number of ether oxygens (including phenoxy) is 1. The van der Waals surface area contributed by atoms with Crippen molar-refractivity contribution >= 4 is 46.0 Å². The molecule has 0 unspecified atom stereocenters. The standard InChI is InChI=1S/C19H24N4OS2/c20-18(25)22-16-10-7-11-17(14-16)24-13-6-2-5-12-21-19(26)23-15-8-3-1-4-9-15/h1,3-4,7-11,14H,2,5-6,12-13H2,(H3,20,22,25)(H2,21,23,26). The Bertz CT molecular complexity index is 710. The minimum absolute atomic E-state index is 0.245. The van der Waals surface area contributed by atoms with E-state index in [4.69, 9.17) is 34.9 Å². The third-order valence-electron chi connectivity index (χ3n) is 3.51. The summed E-state index contributed by atoms with van der Waals surface area (Å²) < 4.78 is 5.75. The number of anilines is 2. The topological polar surface area (TPSA) is 71.3 Å². The van der Waals surface area contributed by atoms with Crippen LogP contribution in [0.1, 0.15) is 19.3 Å². The molecule has 0 heterocycles. The number of benzene rings is 2. The van der Waals surface area contributed by atoms with Crippen molar-refractivity contribution in [3.63, 3.8) is 0 Å². The lowest BCUT2D eigenvalue weighted by Gasteiger charge is -2.11. The summed E-state index contributed by atoms with van der Waals surface area (Å²) in [7, 11) is 0. The molecular formula is C19H24N4OS2. The Morgan fingerprint density at radius 3 is 2.42 bits per heavy atom. The predicted octanol–water partition coefficient (Wildman–Crippen LogP) is 3.88. The molecule has 26 heavy (non-hydrogen) atoms. The van der Waals surface area contributed by atoms with Gasteiger partial charge in [-0.15, -0.1) is 0 Å². The average molecular weight is 389 g/mol. The Hall–Kier alpha value is -2.38. The Labute approximate surface area is 165 Å². The van der Waals surface area contributed by atoms with Crippen LogP contribution >= 0.6 is 24.4 Å². The zero-order chi connectivity index (χ0) is 18.6. The Morgan fingerprint density at radius 1 is 0.885 bits per heavy atom. The van der Waals surface area contributed by atoms with Gasteiger partial charge in [0, 0.05) is 24.0 Å². The number of rotatable bonds is 9. The molecule has 0 aromatic heterocycles. The summed E-state index contributed by atoms with van der Waals surface area (Å²) >= 11 is 10.1. The molecule has 0 atom stereocenters. The number of nitrogens with two attached hydrogens (primary N) is 1. The van der Waals surface area contributed by atoms with Crippen molar-refractivity contribution in [3.8, 4) is 5.75 Å². The summed E-state index contributed by atoms with van der Waals surface area (Å²) in [6.07, 6.45) is 3.07. The zero-order valence-electron chi connectivity index (χ0n) is 14.5. The smallest absolute Gasteiger partial charge is 0.170 e. The summed E-state index contributed by atoms with van der Waals surface area (Å²) in [5.74, 6) is 0.803. The normalized spacial score (nSPS) is 10.0. The van der Waals surface area contributed by atoms with Crippen LogP contribution in [0.25, 0.3) is 0 Å². The van der Waals surface area contributed by atoms with Gasteiger partial charge in [-0.25, -0.2) is 0 Å². The van der Waals surface area contributed by atoms with Crippen molar-refractivity contribution in [2.45, 2.75) is 19.3 Å². The van der Waals surface area contributed by atoms with Gasteiger partial charge in [-0.3, -0.25) is 0 Å². The Kier molecular flexibility index (Phi) is 8.65. The molecule has 0 saturated heterocycles. The van der Waals surface area contributed by atoms with E-state index >= 15 is 0 Å². The molecule has 0 spiro atoms. The van der Waals surface area contributed by atoms with Crippen LogP contribution in [-0.4, -0.2) is 23.4 Å². The van der Waals surface area contributed by atoms with Crippen LogP contribution < -0.4 is 26.4 Å². The molecule has 138 valence electrons. The SMILES string of the molecule is NC(=S)Nc1cccc(OCCCCCNC(=S)Nc2ccccc2)c1. The zero-order valence-corrected chi connectivity index (χ0v) is 16.2. The summed E-state index contributed by atoms with van der Waals surface area (Å²) in [5, 5.41) is 10.2. The number of thiocarbonyl (C=S) groups is 2. The largest absolute Gasteiger partial charge is 0.494 e. The molecule has 0 aliphatic heterocycles.